The summed E-state index contributed by atoms with van der Waals surface area (Å²) in [6, 6.07) is 7.87. The molecule has 1 aromatic carbocycles. The van der Waals surface area contributed by atoms with Crippen LogP contribution in [0.5, 0.6) is 0 Å². The number of rotatable bonds is 4. The van der Waals surface area contributed by atoms with Crippen LogP contribution in [0, 0.1) is 5.92 Å². The summed E-state index contributed by atoms with van der Waals surface area (Å²) in [4.78, 5) is 14.7. The fourth-order valence-corrected chi connectivity index (χ4v) is 3.37. The fraction of sp³-hybridized carbons (Fsp3) is 0.562. The summed E-state index contributed by atoms with van der Waals surface area (Å²) >= 11 is 6.10. The van der Waals surface area contributed by atoms with Crippen LogP contribution in [0.3, 0.4) is 0 Å². The second-order valence-corrected chi connectivity index (χ2v) is 6.85. The van der Waals surface area contributed by atoms with Crippen molar-refractivity contribution in [2.45, 2.75) is 43.8 Å². The molecule has 0 aromatic heterocycles. The van der Waals surface area contributed by atoms with Gasteiger partial charge >= 0.3 is 0 Å². The van der Waals surface area contributed by atoms with Crippen LogP contribution in [0.4, 0.5) is 0 Å². The van der Waals surface area contributed by atoms with Gasteiger partial charge < -0.3 is 4.90 Å². The van der Waals surface area contributed by atoms with E-state index in [0.717, 1.165) is 42.3 Å². The van der Waals surface area contributed by atoms with Crippen LogP contribution in [0.15, 0.2) is 24.3 Å². The van der Waals surface area contributed by atoms with E-state index in [0.29, 0.717) is 5.91 Å². The molecule has 1 unspecified atom stereocenters. The van der Waals surface area contributed by atoms with E-state index in [4.69, 9.17) is 11.6 Å². The van der Waals surface area contributed by atoms with E-state index in [1.165, 1.54) is 12.8 Å². The molecule has 3 aliphatic rings. The van der Waals surface area contributed by atoms with E-state index in [2.05, 4.69) is 11.4 Å². The molecule has 2 saturated carbocycles. The molecule has 3 nitrogen and oxygen atoms in total. The number of carbonyl (C=O) groups excluding carboxylic acids is 1. The van der Waals surface area contributed by atoms with Gasteiger partial charge in [-0.15, -0.1) is 0 Å². The number of amides is 1. The van der Waals surface area contributed by atoms with Crippen LogP contribution < -0.4 is 5.32 Å². The summed E-state index contributed by atoms with van der Waals surface area (Å²) in [6.45, 7) is 0.870. The topological polar surface area (TPSA) is 32.3 Å². The van der Waals surface area contributed by atoms with Gasteiger partial charge in [-0.2, -0.15) is 0 Å². The zero-order valence-electron chi connectivity index (χ0n) is 11.4. The minimum atomic E-state index is -0.253. The Labute approximate surface area is 124 Å². The Hall–Kier alpha value is -1.06. The fourth-order valence-electron chi connectivity index (χ4n) is 3.18. The maximum Gasteiger partial charge on any atom is 0.244 e. The van der Waals surface area contributed by atoms with E-state index < -0.39 is 0 Å². The SMILES string of the molecule is O=C1N(CCC2CC2)C(c2cccc(Cl)c2)NC12CC2. The van der Waals surface area contributed by atoms with Crippen molar-refractivity contribution in [3.8, 4) is 0 Å². The normalized spacial score (nSPS) is 27.4. The molecule has 1 saturated heterocycles. The van der Waals surface area contributed by atoms with Gasteiger partial charge in [-0.3, -0.25) is 10.1 Å². The summed E-state index contributed by atoms with van der Waals surface area (Å²) in [6.07, 6.45) is 5.76. The highest BCUT2D eigenvalue weighted by atomic mass is 35.5. The Bertz CT molecular complexity index is 551. The third kappa shape index (κ3) is 2.13. The molecule has 3 fully saturated rings. The number of hydrogen-bond acceptors (Lipinski definition) is 2. The summed E-state index contributed by atoms with van der Waals surface area (Å²) in [5, 5.41) is 4.28. The molecule has 1 heterocycles. The second kappa shape index (κ2) is 4.47. The number of nitrogens with zero attached hydrogens (tertiary/aromatic N) is 1. The summed E-state index contributed by atoms with van der Waals surface area (Å²) in [7, 11) is 0. The Morgan fingerprint density at radius 2 is 2.15 bits per heavy atom. The highest BCUT2D eigenvalue weighted by molar-refractivity contribution is 6.30. The van der Waals surface area contributed by atoms with Gasteiger partial charge in [-0.25, -0.2) is 0 Å². The van der Waals surface area contributed by atoms with Gasteiger partial charge in [0, 0.05) is 11.6 Å². The molecule has 1 atom stereocenters. The lowest BCUT2D eigenvalue weighted by atomic mass is 10.1. The Balaban J connectivity index is 1.59. The van der Waals surface area contributed by atoms with E-state index in [1.807, 2.05) is 23.1 Å². The van der Waals surface area contributed by atoms with E-state index in [-0.39, 0.29) is 11.7 Å². The molecule has 4 rings (SSSR count). The minimum absolute atomic E-state index is 0.00227. The first-order valence-corrected chi connectivity index (χ1v) is 7.90. The number of carbonyl (C=O) groups is 1. The van der Waals surface area contributed by atoms with Crippen molar-refractivity contribution in [1.29, 1.82) is 0 Å². The predicted molar refractivity (Wildman–Crippen MR) is 78.3 cm³/mol. The van der Waals surface area contributed by atoms with Crippen molar-refractivity contribution in [2.75, 3.05) is 6.54 Å². The first kappa shape index (κ1) is 12.7. The van der Waals surface area contributed by atoms with Crippen molar-refractivity contribution in [1.82, 2.24) is 10.2 Å². The predicted octanol–water partition coefficient (Wildman–Crippen LogP) is 3.10. The van der Waals surface area contributed by atoms with E-state index in [1.54, 1.807) is 0 Å². The van der Waals surface area contributed by atoms with E-state index in [9.17, 15) is 4.79 Å². The highest BCUT2D eigenvalue weighted by Crippen LogP contribution is 2.46. The average Bonchev–Trinajstić information content (AvgIpc) is 3.32. The molecule has 1 N–H and O–H groups in total. The van der Waals surface area contributed by atoms with Crippen LogP contribution >= 0.6 is 11.6 Å². The quantitative estimate of drug-likeness (QED) is 0.924. The Morgan fingerprint density at radius 1 is 1.35 bits per heavy atom. The largest absolute Gasteiger partial charge is 0.321 e. The van der Waals surface area contributed by atoms with Crippen LogP contribution in [-0.2, 0) is 4.79 Å². The van der Waals surface area contributed by atoms with Crippen LogP contribution in [-0.4, -0.2) is 22.9 Å². The maximum absolute atomic E-state index is 12.6. The van der Waals surface area contributed by atoms with Crippen molar-refractivity contribution < 1.29 is 4.79 Å². The lowest BCUT2D eigenvalue weighted by molar-refractivity contribution is -0.131. The summed E-state index contributed by atoms with van der Waals surface area (Å²) in [5.74, 6) is 1.14. The molecule has 1 amide bonds. The van der Waals surface area contributed by atoms with Crippen LogP contribution in [0.1, 0.15) is 43.8 Å². The van der Waals surface area contributed by atoms with Gasteiger partial charge in [0.15, 0.2) is 0 Å². The molecule has 106 valence electrons. The minimum Gasteiger partial charge on any atom is -0.321 e. The van der Waals surface area contributed by atoms with Crippen LogP contribution in [0.2, 0.25) is 5.02 Å². The second-order valence-electron chi connectivity index (χ2n) is 6.41. The number of hydrogen-bond donors (Lipinski definition) is 1. The van der Waals surface area contributed by atoms with Gasteiger partial charge in [-0.1, -0.05) is 36.6 Å². The molecular weight excluding hydrogens is 272 g/mol. The van der Waals surface area contributed by atoms with Gasteiger partial charge in [0.05, 0.1) is 0 Å². The molecule has 0 bridgehead atoms. The standard InChI is InChI=1S/C16H19ClN2O/c17-13-3-1-2-12(10-13)14-18-16(7-8-16)15(20)19(14)9-6-11-4-5-11/h1-3,10-11,14,18H,4-9H2. The first-order chi connectivity index (χ1) is 9.68. The van der Waals surface area contributed by atoms with Crippen molar-refractivity contribution in [3.05, 3.63) is 34.9 Å². The van der Waals surface area contributed by atoms with E-state index >= 15 is 0 Å². The molecule has 1 spiro atoms. The zero-order valence-corrected chi connectivity index (χ0v) is 12.2. The molecular formula is C16H19ClN2O. The maximum atomic E-state index is 12.6. The molecule has 20 heavy (non-hydrogen) atoms. The highest BCUT2D eigenvalue weighted by Gasteiger charge is 2.59. The van der Waals surface area contributed by atoms with Gasteiger partial charge in [0.2, 0.25) is 5.91 Å². The zero-order chi connectivity index (χ0) is 13.7. The van der Waals surface area contributed by atoms with Crippen molar-refractivity contribution >= 4 is 17.5 Å². The molecule has 1 aliphatic heterocycles. The van der Waals surface area contributed by atoms with Crippen molar-refractivity contribution in [2.24, 2.45) is 5.92 Å². The van der Waals surface area contributed by atoms with Gasteiger partial charge in [0.1, 0.15) is 11.7 Å². The number of halogens is 1. The Kier molecular flexibility index (Phi) is 2.83. The third-order valence-electron chi connectivity index (χ3n) is 4.78. The first-order valence-electron chi connectivity index (χ1n) is 7.52. The molecule has 1 aromatic rings. The van der Waals surface area contributed by atoms with Crippen molar-refractivity contribution in [3.63, 3.8) is 0 Å². The Morgan fingerprint density at radius 3 is 2.80 bits per heavy atom. The summed E-state index contributed by atoms with van der Waals surface area (Å²) < 4.78 is 0. The lowest BCUT2D eigenvalue weighted by Crippen LogP contribution is -2.33. The van der Waals surface area contributed by atoms with Gasteiger partial charge in [0.25, 0.3) is 0 Å². The molecule has 4 heteroatoms. The number of benzene rings is 1. The van der Waals surface area contributed by atoms with Crippen LogP contribution in [0.25, 0.3) is 0 Å². The lowest BCUT2D eigenvalue weighted by Gasteiger charge is -2.24. The summed E-state index contributed by atoms with van der Waals surface area (Å²) in [5.41, 5.74) is 0.849. The monoisotopic (exact) mass is 290 g/mol. The third-order valence-corrected chi connectivity index (χ3v) is 5.02. The average molecular weight is 291 g/mol. The molecule has 2 aliphatic carbocycles. The van der Waals surface area contributed by atoms with Gasteiger partial charge in [-0.05, 0) is 42.9 Å². The smallest absolute Gasteiger partial charge is 0.244 e. The molecule has 0 radical (unpaired) electrons. The number of nitrogens with one attached hydrogen (secondary N) is 1.